The molecule has 0 bridgehead atoms. The van der Waals surface area contributed by atoms with Crippen LogP contribution in [0.1, 0.15) is 43.0 Å². The fourth-order valence-electron chi connectivity index (χ4n) is 3.02. The van der Waals surface area contributed by atoms with Crippen LogP contribution in [0, 0.1) is 0 Å². The lowest BCUT2D eigenvalue weighted by atomic mass is 10.1. The van der Waals surface area contributed by atoms with Crippen LogP contribution in [0.2, 0.25) is 0 Å². The van der Waals surface area contributed by atoms with E-state index in [1.807, 2.05) is 18.8 Å². The Labute approximate surface area is 174 Å². The molecule has 2 rings (SSSR count). The van der Waals surface area contributed by atoms with E-state index in [2.05, 4.69) is 77.7 Å². The monoisotopic (exact) mass is 469 g/mol. The summed E-state index contributed by atoms with van der Waals surface area (Å²) in [6.07, 6.45) is 4.27. The van der Waals surface area contributed by atoms with Crippen molar-refractivity contribution in [3.8, 4) is 0 Å². The molecule has 0 saturated heterocycles. The number of guanidine groups is 1. The molecule has 0 radical (unpaired) electrons. The normalized spacial score (nSPS) is 11.4. The van der Waals surface area contributed by atoms with Crippen molar-refractivity contribution in [1.29, 1.82) is 0 Å². The molecule has 5 nitrogen and oxygen atoms in total. The standard InChI is InChI=1S/C20H31N5.HI/c1-16(2)19-18(15-25(5)23-19)14-24(4)20(21-3)22-13-9-12-17-10-7-6-8-11-17;/h6-8,10-11,15-16H,9,12-14H2,1-5H3,(H,21,22);1H. The Morgan fingerprint density at radius 1 is 1.27 bits per heavy atom. The van der Waals surface area contributed by atoms with Crippen LogP contribution in [0.5, 0.6) is 0 Å². The molecule has 2 aromatic rings. The minimum atomic E-state index is 0. The fourth-order valence-corrected chi connectivity index (χ4v) is 3.02. The van der Waals surface area contributed by atoms with Crippen molar-refractivity contribution < 1.29 is 0 Å². The molecule has 1 aromatic carbocycles. The molecular formula is C20H32IN5. The van der Waals surface area contributed by atoms with Gasteiger partial charge in [-0.15, -0.1) is 24.0 Å². The molecule has 0 atom stereocenters. The van der Waals surface area contributed by atoms with Crippen molar-refractivity contribution in [3.05, 3.63) is 53.3 Å². The highest BCUT2D eigenvalue weighted by Gasteiger charge is 2.14. The minimum absolute atomic E-state index is 0. The second-order valence-electron chi connectivity index (χ2n) is 6.79. The molecule has 1 heterocycles. The summed E-state index contributed by atoms with van der Waals surface area (Å²) >= 11 is 0. The van der Waals surface area contributed by atoms with Crippen LogP contribution < -0.4 is 5.32 Å². The number of aromatic nitrogens is 2. The SMILES string of the molecule is CN=C(NCCCc1ccccc1)N(C)Cc1cn(C)nc1C(C)C.I. The van der Waals surface area contributed by atoms with Crippen molar-refractivity contribution in [2.45, 2.75) is 39.2 Å². The number of nitrogens with one attached hydrogen (secondary N) is 1. The van der Waals surface area contributed by atoms with Crippen molar-refractivity contribution in [3.63, 3.8) is 0 Å². The first kappa shape index (κ1) is 22.5. The van der Waals surface area contributed by atoms with Crippen LogP contribution in [0.25, 0.3) is 0 Å². The van der Waals surface area contributed by atoms with Gasteiger partial charge in [0.1, 0.15) is 0 Å². The Kier molecular flexibility index (Phi) is 9.69. The number of rotatable bonds is 7. The summed E-state index contributed by atoms with van der Waals surface area (Å²) in [6, 6.07) is 10.6. The quantitative estimate of drug-likeness (QED) is 0.291. The Morgan fingerprint density at radius 3 is 2.58 bits per heavy atom. The molecule has 26 heavy (non-hydrogen) atoms. The third kappa shape index (κ3) is 6.63. The Bertz CT molecular complexity index is 679. The molecular weight excluding hydrogens is 437 g/mol. The third-order valence-electron chi connectivity index (χ3n) is 4.23. The molecule has 6 heteroatoms. The third-order valence-corrected chi connectivity index (χ3v) is 4.23. The van der Waals surface area contributed by atoms with Gasteiger partial charge in [0.15, 0.2) is 5.96 Å². The maximum atomic E-state index is 4.59. The average molecular weight is 469 g/mol. The Hall–Kier alpha value is -1.57. The van der Waals surface area contributed by atoms with Gasteiger partial charge in [0.2, 0.25) is 0 Å². The van der Waals surface area contributed by atoms with E-state index in [1.54, 1.807) is 0 Å². The minimum Gasteiger partial charge on any atom is -0.356 e. The van der Waals surface area contributed by atoms with Crippen LogP contribution in [0.3, 0.4) is 0 Å². The van der Waals surface area contributed by atoms with E-state index in [0.717, 1.165) is 37.6 Å². The number of aryl methyl sites for hydroxylation is 2. The van der Waals surface area contributed by atoms with E-state index in [1.165, 1.54) is 11.1 Å². The smallest absolute Gasteiger partial charge is 0.193 e. The summed E-state index contributed by atoms with van der Waals surface area (Å²) in [4.78, 5) is 6.57. The summed E-state index contributed by atoms with van der Waals surface area (Å²) < 4.78 is 1.90. The zero-order valence-electron chi connectivity index (χ0n) is 16.6. The predicted molar refractivity (Wildman–Crippen MR) is 120 cm³/mol. The largest absolute Gasteiger partial charge is 0.356 e. The Balaban J connectivity index is 0.00000338. The van der Waals surface area contributed by atoms with E-state index in [-0.39, 0.29) is 24.0 Å². The maximum absolute atomic E-state index is 4.59. The van der Waals surface area contributed by atoms with Crippen LogP contribution in [-0.4, -0.2) is 41.3 Å². The van der Waals surface area contributed by atoms with E-state index in [9.17, 15) is 0 Å². The average Bonchev–Trinajstić information content (AvgIpc) is 2.96. The first-order chi connectivity index (χ1) is 12.0. The molecule has 144 valence electrons. The van der Waals surface area contributed by atoms with Gasteiger partial charge in [-0.25, -0.2) is 0 Å². The molecule has 0 aliphatic heterocycles. The van der Waals surface area contributed by atoms with E-state index in [4.69, 9.17) is 0 Å². The lowest BCUT2D eigenvalue weighted by Crippen LogP contribution is -2.39. The number of hydrogen-bond acceptors (Lipinski definition) is 2. The van der Waals surface area contributed by atoms with E-state index < -0.39 is 0 Å². The highest BCUT2D eigenvalue weighted by molar-refractivity contribution is 14.0. The lowest BCUT2D eigenvalue weighted by Gasteiger charge is -2.22. The molecule has 1 aromatic heterocycles. The topological polar surface area (TPSA) is 45.5 Å². The van der Waals surface area contributed by atoms with Gasteiger partial charge in [0, 0.05) is 46.0 Å². The Morgan fingerprint density at radius 2 is 1.96 bits per heavy atom. The summed E-state index contributed by atoms with van der Waals surface area (Å²) in [5.74, 6) is 1.34. The highest BCUT2D eigenvalue weighted by atomic mass is 127. The van der Waals surface area contributed by atoms with E-state index in [0.29, 0.717) is 5.92 Å². The molecule has 0 aliphatic carbocycles. The zero-order valence-corrected chi connectivity index (χ0v) is 18.9. The molecule has 0 aliphatic rings. The van der Waals surface area contributed by atoms with Crippen LogP contribution >= 0.6 is 24.0 Å². The number of aliphatic imine (C=N–C) groups is 1. The van der Waals surface area contributed by atoms with Crippen molar-refractivity contribution in [2.75, 3.05) is 20.6 Å². The van der Waals surface area contributed by atoms with Gasteiger partial charge >= 0.3 is 0 Å². The first-order valence-electron chi connectivity index (χ1n) is 8.99. The van der Waals surface area contributed by atoms with Crippen LogP contribution in [0.15, 0.2) is 41.5 Å². The van der Waals surface area contributed by atoms with Gasteiger partial charge in [0.25, 0.3) is 0 Å². The summed E-state index contributed by atoms with van der Waals surface area (Å²) in [5, 5.41) is 8.05. The molecule has 0 amide bonds. The van der Waals surface area contributed by atoms with Gasteiger partial charge in [-0.05, 0) is 24.3 Å². The van der Waals surface area contributed by atoms with Gasteiger partial charge in [0.05, 0.1) is 5.69 Å². The predicted octanol–water partition coefficient (Wildman–Crippen LogP) is 3.80. The summed E-state index contributed by atoms with van der Waals surface area (Å²) in [6.45, 7) is 6.08. The maximum Gasteiger partial charge on any atom is 0.193 e. The number of hydrogen-bond donors (Lipinski definition) is 1. The van der Waals surface area contributed by atoms with Gasteiger partial charge in [-0.2, -0.15) is 5.10 Å². The number of nitrogens with zero attached hydrogens (tertiary/aromatic N) is 4. The lowest BCUT2D eigenvalue weighted by molar-refractivity contribution is 0.472. The van der Waals surface area contributed by atoms with Crippen molar-refractivity contribution in [2.24, 2.45) is 12.0 Å². The number of halogens is 1. The first-order valence-corrected chi connectivity index (χ1v) is 8.99. The molecule has 0 saturated carbocycles. The van der Waals surface area contributed by atoms with Crippen LogP contribution in [-0.2, 0) is 20.0 Å². The van der Waals surface area contributed by atoms with Gasteiger partial charge in [-0.1, -0.05) is 44.2 Å². The van der Waals surface area contributed by atoms with Crippen LogP contribution in [0.4, 0.5) is 0 Å². The van der Waals surface area contributed by atoms with Gasteiger partial charge in [-0.3, -0.25) is 9.67 Å². The zero-order chi connectivity index (χ0) is 18.2. The summed E-state index contributed by atoms with van der Waals surface area (Å²) in [7, 11) is 5.89. The second-order valence-corrected chi connectivity index (χ2v) is 6.79. The fraction of sp³-hybridized carbons (Fsp3) is 0.500. The second kappa shape index (κ2) is 11.2. The van der Waals surface area contributed by atoms with Gasteiger partial charge < -0.3 is 10.2 Å². The number of benzene rings is 1. The van der Waals surface area contributed by atoms with Crippen molar-refractivity contribution in [1.82, 2.24) is 20.0 Å². The molecule has 0 spiro atoms. The molecule has 0 unspecified atom stereocenters. The van der Waals surface area contributed by atoms with E-state index >= 15 is 0 Å². The molecule has 0 fully saturated rings. The van der Waals surface area contributed by atoms with Crippen molar-refractivity contribution >= 4 is 29.9 Å². The summed E-state index contributed by atoms with van der Waals surface area (Å²) in [5.41, 5.74) is 3.80. The highest BCUT2D eigenvalue weighted by Crippen LogP contribution is 2.18. The molecule has 1 N–H and O–H groups in total.